The highest BCUT2D eigenvalue weighted by Crippen LogP contribution is 2.48. The van der Waals surface area contributed by atoms with Gasteiger partial charge >= 0.3 is 0 Å². The number of ether oxygens (including phenoxy) is 1. The molecule has 0 atom stereocenters. The van der Waals surface area contributed by atoms with Gasteiger partial charge in [0, 0.05) is 33.9 Å². The van der Waals surface area contributed by atoms with E-state index in [1.54, 1.807) is 7.11 Å². The molecule has 122 valence electrons. The Morgan fingerprint density at radius 1 is 1.05 bits per heavy atom. The van der Waals surface area contributed by atoms with E-state index in [0.717, 1.165) is 32.1 Å². The molecule has 0 aromatic rings. The molecule has 4 nitrogen and oxygen atoms in total. The molecule has 2 aliphatic rings. The number of hydrogen-bond donors (Lipinski definition) is 2. The van der Waals surface area contributed by atoms with E-state index in [4.69, 9.17) is 4.74 Å². The van der Waals surface area contributed by atoms with E-state index in [9.17, 15) is 0 Å². The minimum Gasteiger partial charge on any atom is -0.385 e. The van der Waals surface area contributed by atoms with Crippen molar-refractivity contribution in [1.82, 2.24) is 10.6 Å². The van der Waals surface area contributed by atoms with Gasteiger partial charge in [-0.1, -0.05) is 19.8 Å². The van der Waals surface area contributed by atoms with Gasteiger partial charge in [-0.05, 0) is 49.4 Å². The first-order valence-electron chi connectivity index (χ1n) is 8.61. The Bertz CT molecular complexity index is 344. The van der Waals surface area contributed by atoms with Crippen LogP contribution < -0.4 is 10.6 Å². The fourth-order valence-corrected chi connectivity index (χ4v) is 3.55. The molecule has 21 heavy (non-hydrogen) atoms. The summed E-state index contributed by atoms with van der Waals surface area (Å²) in [6, 6.07) is 0. The molecule has 0 aromatic carbocycles. The van der Waals surface area contributed by atoms with Gasteiger partial charge in [-0.3, -0.25) is 4.99 Å². The monoisotopic (exact) mass is 295 g/mol. The number of hydrogen-bond acceptors (Lipinski definition) is 2. The Morgan fingerprint density at radius 3 is 2.14 bits per heavy atom. The zero-order chi connectivity index (χ0) is 15.2. The molecule has 0 heterocycles. The third kappa shape index (κ3) is 4.60. The molecule has 0 saturated heterocycles. The quantitative estimate of drug-likeness (QED) is 0.534. The van der Waals surface area contributed by atoms with Gasteiger partial charge < -0.3 is 15.4 Å². The predicted octanol–water partition coefficient (Wildman–Crippen LogP) is 2.94. The van der Waals surface area contributed by atoms with E-state index >= 15 is 0 Å². The smallest absolute Gasteiger partial charge is 0.191 e. The molecule has 2 saturated carbocycles. The number of guanidine groups is 1. The Kier molecular flexibility index (Phi) is 5.91. The highest BCUT2D eigenvalue weighted by atomic mass is 16.5. The lowest BCUT2D eigenvalue weighted by molar-refractivity contribution is 0.172. The Hall–Kier alpha value is -0.770. The van der Waals surface area contributed by atoms with Crippen molar-refractivity contribution in [2.75, 3.05) is 33.9 Å². The highest BCUT2D eigenvalue weighted by Gasteiger charge is 2.42. The summed E-state index contributed by atoms with van der Waals surface area (Å²) in [7, 11) is 3.66. The molecule has 0 spiro atoms. The van der Waals surface area contributed by atoms with Crippen molar-refractivity contribution in [3.05, 3.63) is 0 Å². The zero-order valence-electron chi connectivity index (χ0n) is 14.1. The molecule has 0 bridgehead atoms. The molecule has 2 fully saturated rings. The normalized spacial score (nSPS) is 23.1. The lowest BCUT2D eigenvalue weighted by Gasteiger charge is -2.29. The lowest BCUT2D eigenvalue weighted by Crippen LogP contribution is -2.44. The average molecular weight is 295 g/mol. The first-order valence-corrected chi connectivity index (χ1v) is 8.61. The van der Waals surface area contributed by atoms with Gasteiger partial charge in [0.05, 0.1) is 0 Å². The van der Waals surface area contributed by atoms with Crippen LogP contribution in [-0.4, -0.2) is 39.8 Å². The van der Waals surface area contributed by atoms with E-state index in [0.29, 0.717) is 10.8 Å². The van der Waals surface area contributed by atoms with Crippen LogP contribution in [-0.2, 0) is 4.74 Å². The van der Waals surface area contributed by atoms with Crippen LogP contribution in [0.25, 0.3) is 0 Å². The Labute approximate surface area is 130 Å². The fraction of sp³-hybridized carbons (Fsp3) is 0.941. The summed E-state index contributed by atoms with van der Waals surface area (Å²) < 4.78 is 5.22. The molecule has 0 unspecified atom stereocenters. The third-order valence-corrected chi connectivity index (χ3v) is 5.69. The summed E-state index contributed by atoms with van der Waals surface area (Å²) in [6.45, 7) is 5.28. The van der Waals surface area contributed by atoms with Gasteiger partial charge in [0.2, 0.25) is 0 Å². The van der Waals surface area contributed by atoms with E-state index in [1.165, 1.54) is 44.9 Å². The van der Waals surface area contributed by atoms with Gasteiger partial charge in [-0.25, -0.2) is 0 Å². The molecular formula is C17H33N3O. The van der Waals surface area contributed by atoms with Crippen LogP contribution >= 0.6 is 0 Å². The molecule has 4 heteroatoms. The number of nitrogens with one attached hydrogen (secondary N) is 2. The summed E-state index contributed by atoms with van der Waals surface area (Å²) in [4.78, 5) is 4.39. The van der Waals surface area contributed by atoms with Crippen molar-refractivity contribution in [1.29, 1.82) is 0 Å². The van der Waals surface area contributed by atoms with E-state index in [2.05, 4.69) is 22.5 Å². The van der Waals surface area contributed by atoms with Crippen molar-refractivity contribution >= 4 is 5.96 Å². The van der Waals surface area contributed by atoms with Gasteiger partial charge in [0.15, 0.2) is 5.96 Å². The summed E-state index contributed by atoms with van der Waals surface area (Å²) in [5.74, 6) is 0.971. The van der Waals surface area contributed by atoms with Gasteiger partial charge in [-0.2, -0.15) is 0 Å². The second-order valence-corrected chi connectivity index (χ2v) is 7.08. The topological polar surface area (TPSA) is 45.7 Å². The number of rotatable bonds is 8. The molecule has 0 aromatic heterocycles. The first kappa shape index (κ1) is 16.6. The minimum atomic E-state index is 0.462. The van der Waals surface area contributed by atoms with Gasteiger partial charge in [0.25, 0.3) is 0 Å². The Balaban J connectivity index is 1.73. The first-order chi connectivity index (χ1) is 10.2. The molecule has 0 aliphatic heterocycles. The number of aliphatic imine (C=N–C) groups is 1. The zero-order valence-corrected chi connectivity index (χ0v) is 14.1. The van der Waals surface area contributed by atoms with Crippen LogP contribution in [0.5, 0.6) is 0 Å². The molecule has 2 aliphatic carbocycles. The van der Waals surface area contributed by atoms with Crippen molar-refractivity contribution in [2.24, 2.45) is 15.8 Å². The average Bonchev–Trinajstić information content (AvgIpc) is 3.13. The molecule has 0 radical (unpaired) electrons. The molecule has 2 N–H and O–H groups in total. The minimum absolute atomic E-state index is 0.462. The van der Waals surface area contributed by atoms with Crippen LogP contribution in [0.3, 0.4) is 0 Å². The lowest BCUT2D eigenvalue weighted by atomic mass is 9.83. The van der Waals surface area contributed by atoms with Crippen LogP contribution in [0.15, 0.2) is 4.99 Å². The van der Waals surface area contributed by atoms with E-state index in [1.807, 2.05) is 7.05 Å². The number of methoxy groups -OCH3 is 1. The van der Waals surface area contributed by atoms with Crippen molar-refractivity contribution in [3.8, 4) is 0 Å². The highest BCUT2D eigenvalue weighted by molar-refractivity contribution is 5.79. The number of nitrogens with zero attached hydrogens (tertiary/aromatic N) is 1. The molecular weight excluding hydrogens is 262 g/mol. The Morgan fingerprint density at radius 2 is 1.67 bits per heavy atom. The maximum Gasteiger partial charge on any atom is 0.191 e. The summed E-state index contributed by atoms with van der Waals surface area (Å²) in [5.41, 5.74) is 0.967. The van der Waals surface area contributed by atoms with Crippen LogP contribution in [0.1, 0.15) is 58.3 Å². The predicted molar refractivity (Wildman–Crippen MR) is 88.7 cm³/mol. The maximum atomic E-state index is 5.22. The van der Waals surface area contributed by atoms with Crippen molar-refractivity contribution in [3.63, 3.8) is 0 Å². The SMILES string of the molecule is CCC1(CNC(=NC)NCC2(CCOC)CC2)CCCC1. The second-order valence-electron chi connectivity index (χ2n) is 7.08. The van der Waals surface area contributed by atoms with Crippen LogP contribution in [0.4, 0.5) is 0 Å². The summed E-state index contributed by atoms with van der Waals surface area (Å²) >= 11 is 0. The summed E-state index contributed by atoms with van der Waals surface area (Å²) in [6.07, 6.45) is 10.6. The standard InChI is InChI=1S/C17H33N3O/c1-4-16(7-5-6-8-16)13-19-15(18-2)20-14-17(9-10-17)11-12-21-3/h4-14H2,1-3H3,(H2,18,19,20). The second kappa shape index (κ2) is 7.48. The molecule has 2 rings (SSSR count). The largest absolute Gasteiger partial charge is 0.385 e. The van der Waals surface area contributed by atoms with Crippen LogP contribution in [0, 0.1) is 10.8 Å². The third-order valence-electron chi connectivity index (χ3n) is 5.69. The van der Waals surface area contributed by atoms with Crippen molar-refractivity contribution in [2.45, 2.75) is 58.3 Å². The van der Waals surface area contributed by atoms with E-state index in [-0.39, 0.29) is 0 Å². The van der Waals surface area contributed by atoms with Crippen LogP contribution in [0.2, 0.25) is 0 Å². The fourth-order valence-electron chi connectivity index (χ4n) is 3.55. The van der Waals surface area contributed by atoms with E-state index < -0.39 is 0 Å². The summed E-state index contributed by atoms with van der Waals surface area (Å²) in [5, 5.41) is 7.10. The van der Waals surface area contributed by atoms with Crippen molar-refractivity contribution < 1.29 is 4.74 Å². The van der Waals surface area contributed by atoms with Gasteiger partial charge in [-0.15, -0.1) is 0 Å². The van der Waals surface area contributed by atoms with Gasteiger partial charge in [0.1, 0.15) is 0 Å². The maximum absolute atomic E-state index is 5.22. The molecule has 0 amide bonds.